The van der Waals surface area contributed by atoms with Crippen LogP contribution in [0.15, 0.2) is 24.3 Å². The normalized spacial score (nSPS) is 18.9. The van der Waals surface area contributed by atoms with Gasteiger partial charge in [0.25, 0.3) is 0 Å². The number of hydrogen-bond donors (Lipinski definition) is 1. The van der Waals surface area contributed by atoms with E-state index in [-0.39, 0.29) is 17.9 Å². The van der Waals surface area contributed by atoms with Gasteiger partial charge in [-0.2, -0.15) is 0 Å². The Hall–Kier alpha value is -2.14. The van der Waals surface area contributed by atoms with Crippen molar-refractivity contribution in [1.82, 2.24) is 10.2 Å². The quantitative estimate of drug-likeness (QED) is 0.719. The van der Waals surface area contributed by atoms with E-state index in [1.807, 2.05) is 32.9 Å². The number of carbonyl (C=O) groups excluding carboxylic acids is 2. The van der Waals surface area contributed by atoms with Crippen molar-refractivity contribution in [2.45, 2.75) is 72.1 Å². The Morgan fingerprint density at radius 1 is 1.32 bits per heavy atom. The minimum atomic E-state index is -0.273. The minimum absolute atomic E-state index is 0.0971. The number of nitrogens with one attached hydrogen (secondary N) is 1. The highest BCUT2D eigenvalue weighted by Gasteiger charge is 2.33. The molecule has 0 aliphatic carbocycles. The van der Waals surface area contributed by atoms with Gasteiger partial charge in [0.15, 0.2) is 5.78 Å². The van der Waals surface area contributed by atoms with Gasteiger partial charge >= 0.3 is 0 Å². The van der Waals surface area contributed by atoms with Crippen LogP contribution in [0.25, 0.3) is 5.70 Å². The molecule has 2 heterocycles. The molecular weight excluding hydrogens is 352 g/mol. The number of aldehydes is 1. The van der Waals surface area contributed by atoms with E-state index in [1.54, 1.807) is 6.92 Å². The second-order valence-corrected chi connectivity index (χ2v) is 7.02. The van der Waals surface area contributed by atoms with Gasteiger partial charge in [-0.15, -0.1) is 0 Å². The molecule has 1 atom stereocenters. The first kappa shape index (κ1) is 22.2. The summed E-state index contributed by atoms with van der Waals surface area (Å²) in [7, 11) is 0. The second kappa shape index (κ2) is 11.0. The lowest BCUT2D eigenvalue weighted by atomic mass is 10.1. The molecule has 2 aliphatic rings. The summed E-state index contributed by atoms with van der Waals surface area (Å²) in [6.07, 6.45) is 6.15. The first-order valence-corrected chi connectivity index (χ1v) is 10.5. The van der Waals surface area contributed by atoms with Crippen LogP contribution in [0.1, 0.15) is 64.5 Å². The van der Waals surface area contributed by atoms with Crippen LogP contribution in [-0.4, -0.2) is 42.2 Å². The second-order valence-electron chi connectivity index (χ2n) is 7.02. The molecular formula is C23H34N2O3. The summed E-state index contributed by atoms with van der Waals surface area (Å²) in [5, 5.41) is 3.36. The zero-order valence-electron chi connectivity index (χ0n) is 17.7. The Bertz CT molecular complexity index is 693. The lowest BCUT2D eigenvalue weighted by Gasteiger charge is -2.29. The van der Waals surface area contributed by atoms with E-state index in [9.17, 15) is 9.59 Å². The third-order valence-corrected chi connectivity index (χ3v) is 5.30. The summed E-state index contributed by atoms with van der Waals surface area (Å²) in [6, 6.07) is 5.88. The van der Waals surface area contributed by atoms with E-state index >= 15 is 0 Å². The van der Waals surface area contributed by atoms with Crippen LogP contribution in [0.2, 0.25) is 0 Å². The van der Waals surface area contributed by atoms with Gasteiger partial charge in [-0.3, -0.25) is 4.79 Å². The molecule has 0 spiro atoms. The Balaban J connectivity index is 0.00000136. The van der Waals surface area contributed by atoms with E-state index in [0.29, 0.717) is 19.4 Å². The van der Waals surface area contributed by atoms with Gasteiger partial charge < -0.3 is 19.7 Å². The van der Waals surface area contributed by atoms with Gasteiger partial charge in [-0.25, -0.2) is 0 Å². The number of fused-ring (bicyclic) bond motifs is 1. The minimum Gasteiger partial charge on any atom is -0.490 e. The summed E-state index contributed by atoms with van der Waals surface area (Å²) in [5.41, 5.74) is 3.34. The molecule has 1 aromatic rings. The average Bonchev–Trinajstić information content (AvgIpc) is 3.09. The van der Waals surface area contributed by atoms with Crippen LogP contribution >= 0.6 is 0 Å². The largest absolute Gasteiger partial charge is 0.490 e. The van der Waals surface area contributed by atoms with E-state index in [4.69, 9.17) is 4.74 Å². The van der Waals surface area contributed by atoms with Crippen molar-refractivity contribution in [2.24, 2.45) is 0 Å². The average molecular weight is 387 g/mol. The predicted molar refractivity (Wildman–Crippen MR) is 113 cm³/mol. The van der Waals surface area contributed by atoms with Crippen molar-refractivity contribution in [3.05, 3.63) is 35.4 Å². The van der Waals surface area contributed by atoms with Crippen molar-refractivity contribution in [3.63, 3.8) is 0 Å². The maximum Gasteiger partial charge on any atom is 0.152 e. The Morgan fingerprint density at radius 2 is 2.04 bits per heavy atom. The number of piperidine rings is 1. The Labute approximate surface area is 169 Å². The first-order chi connectivity index (χ1) is 13.7. The highest BCUT2D eigenvalue weighted by Crippen LogP contribution is 2.40. The van der Waals surface area contributed by atoms with Crippen LogP contribution < -0.4 is 10.1 Å². The molecule has 154 valence electrons. The van der Waals surface area contributed by atoms with Crippen molar-refractivity contribution < 1.29 is 14.3 Å². The summed E-state index contributed by atoms with van der Waals surface area (Å²) in [4.78, 5) is 25.2. The maximum atomic E-state index is 12.2. The van der Waals surface area contributed by atoms with E-state index in [0.717, 1.165) is 54.8 Å². The van der Waals surface area contributed by atoms with Crippen molar-refractivity contribution in [3.8, 4) is 5.75 Å². The first-order valence-electron chi connectivity index (χ1n) is 10.5. The number of nitrogens with zero attached hydrogens (tertiary/aromatic N) is 1. The number of allylic oxidation sites excluding steroid dienone is 1. The highest BCUT2D eigenvalue weighted by molar-refractivity contribution is 5.85. The molecule has 3 rings (SSSR count). The highest BCUT2D eigenvalue weighted by atomic mass is 16.5. The van der Waals surface area contributed by atoms with Gasteiger partial charge in [0.2, 0.25) is 0 Å². The monoisotopic (exact) mass is 386 g/mol. The topological polar surface area (TPSA) is 58.6 Å². The van der Waals surface area contributed by atoms with Crippen molar-refractivity contribution in [2.75, 3.05) is 13.1 Å². The van der Waals surface area contributed by atoms with Crippen LogP contribution in [0.3, 0.4) is 0 Å². The van der Waals surface area contributed by atoms with Gasteiger partial charge in [0.1, 0.15) is 18.1 Å². The van der Waals surface area contributed by atoms with Gasteiger partial charge in [-0.1, -0.05) is 32.1 Å². The molecule has 5 nitrogen and oxygen atoms in total. The number of ketones is 1. The third kappa shape index (κ3) is 5.02. The van der Waals surface area contributed by atoms with Crippen LogP contribution in [0.5, 0.6) is 5.75 Å². The summed E-state index contributed by atoms with van der Waals surface area (Å²) < 4.78 is 6.33. The van der Waals surface area contributed by atoms with E-state index in [2.05, 4.69) is 22.4 Å². The Kier molecular flexibility index (Phi) is 8.71. The fourth-order valence-electron chi connectivity index (χ4n) is 3.99. The molecule has 1 fully saturated rings. The fourth-order valence-corrected chi connectivity index (χ4v) is 3.99. The molecule has 5 heteroatoms. The lowest BCUT2D eigenvalue weighted by molar-refractivity contribution is -0.121. The van der Waals surface area contributed by atoms with Crippen molar-refractivity contribution >= 4 is 17.8 Å². The molecule has 0 amide bonds. The zero-order chi connectivity index (χ0) is 20.5. The molecule has 0 aromatic heterocycles. The Morgan fingerprint density at radius 3 is 2.64 bits per heavy atom. The lowest BCUT2D eigenvalue weighted by Crippen LogP contribution is -2.36. The van der Waals surface area contributed by atoms with E-state index < -0.39 is 0 Å². The van der Waals surface area contributed by atoms with Crippen LogP contribution in [0, 0.1) is 0 Å². The smallest absolute Gasteiger partial charge is 0.152 e. The molecule has 1 saturated heterocycles. The van der Waals surface area contributed by atoms with Gasteiger partial charge in [0, 0.05) is 29.8 Å². The number of benzene rings is 1. The van der Waals surface area contributed by atoms with Crippen molar-refractivity contribution in [1.29, 1.82) is 0 Å². The number of Topliss-reactive ketones (excluding diaryl/α,β-unsaturated/α-hetero) is 1. The summed E-state index contributed by atoms with van der Waals surface area (Å²) >= 11 is 0. The third-order valence-electron chi connectivity index (χ3n) is 5.30. The predicted octanol–water partition coefficient (Wildman–Crippen LogP) is 3.96. The standard InChI is InChI=1S/C21H28N2O3.C2H6/c1-3-19-17-6-4-8-21(26-16-9-11-22-12-10-16)18(17)14-23(19)20(15(2)25)7-5-13-24;1-2/h3-4,6,8,13,16,20,22H,5,7,9-12,14H2,1-2H3;1-2H3. The SMILES string of the molecule is CC.CC=C1c2cccc(OC3CCNCC3)c2CN1C(CCC=O)C(C)=O. The molecule has 2 aliphatic heterocycles. The summed E-state index contributed by atoms with van der Waals surface area (Å²) in [5.74, 6) is 1.02. The molecule has 1 unspecified atom stereocenters. The van der Waals surface area contributed by atoms with Crippen LogP contribution in [-0.2, 0) is 16.1 Å². The number of ether oxygens (including phenoxy) is 1. The van der Waals surface area contributed by atoms with Gasteiger partial charge in [0.05, 0.1) is 6.04 Å². The number of hydrogen-bond acceptors (Lipinski definition) is 5. The maximum absolute atomic E-state index is 12.2. The zero-order valence-corrected chi connectivity index (χ0v) is 17.7. The summed E-state index contributed by atoms with van der Waals surface area (Å²) in [6.45, 7) is 10.2. The number of rotatable bonds is 7. The van der Waals surface area contributed by atoms with Crippen LogP contribution in [0.4, 0.5) is 0 Å². The molecule has 1 aromatic carbocycles. The number of carbonyl (C=O) groups is 2. The van der Waals surface area contributed by atoms with Gasteiger partial charge in [-0.05, 0) is 52.3 Å². The molecule has 28 heavy (non-hydrogen) atoms. The fraction of sp³-hybridized carbons (Fsp3) is 0.565. The van der Waals surface area contributed by atoms with E-state index in [1.165, 1.54) is 0 Å². The molecule has 1 N–H and O–H groups in total. The molecule has 0 bridgehead atoms. The molecule has 0 radical (unpaired) electrons. The molecule has 0 saturated carbocycles.